The van der Waals surface area contributed by atoms with Crippen LogP contribution < -0.4 is 17.2 Å². The highest BCUT2D eigenvalue weighted by Gasteiger charge is 2.46. The van der Waals surface area contributed by atoms with Crippen LogP contribution in [0.3, 0.4) is 0 Å². The molecule has 0 saturated carbocycles. The summed E-state index contributed by atoms with van der Waals surface area (Å²) >= 11 is 0. The van der Waals surface area contributed by atoms with Crippen molar-refractivity contribution in [3.63, 3.8) is 0 Å². The number of phosphoric ester groups is 1. The van der Waals surface area contributed by atoms with E-state index in [0.29, 0.717) is 58.7 Å². The van der Waals surface area contributed by atoms with Gasteiger partial charge in [0.15, 0.2) is 42.7 Å². The fourth-order valence-corrected chi connectivity index (χ4v) is 14.9. The van der Waals surface area contributed by atoms with Crippen molar-refractivity contribution in [2.75, 3.05) is 37.0 Å². The van der Waals surface area contributed by atoms with Gasteiger partial charge in [-0.15, -0.1) is 0 Å². The standard InChI is InChI=1S/C23H32N6O5Si.C17H21N6O14P3.C17H18N6O5.3CH4/c1-23(2,3)35(4,5)33-12-18-17(32-11-15-8-6-7-9-16(15)29(30)31)10-19(34-18)28-14-27-20-21(24)25-13-26-22(20)28;18-16-15-17(20-8-19-16)22(9-21-15)14-5-12(33-6-10-3-1-2-4-11(10)23(24)25)13(35-14)7-34-39(29,30)37-40(31,32)36-38(26,27)28;18-16-15-17(20-8-19-16)22(9-21-15)14-5-12(13(6-24)28-14)27-7-10-3-1-2-4-11(10)23(25)26;;;/h6-9,13-14,17-19H,10-12H2,1-5H3,(H2,24,25,26);1-4,8-9,12-14H,5-7H2,(H,29,30)(H,31,32)(H2,18,19,20)(H2,26,27,28);1-4,8-9,12-14,24H,5-7H2,(H2,18,19,20);3*1H4/t17?,18-,19-;2*12?,13-,14-;;;/m111.../s1. The molecule has 11 atom stereocenters. The molecule has 46 heteroatoms. The van der Waals surface area contributed by atoms with E-state index in [1.165, 1.54) is 60.2 Å². The first-order valence-electron chi connectivity index (χ1n) is 31.0. The van der Waals surface area contributed by atoms with Gasteiger partial charge in [-0.1, -0.05) is 79.4 Å². The van der Waals surface area contributed by atoms with Crippen molar-refractivity contribution in [3.05, 3.63) is 158 Å². The molecule has 0 bridgehead atoms. The zero-order valence-corrected chi connectivity index (χ0v) is 58.9. The van der Waals surface area contributed by atoms with E-state index in [2.05, 4.69) is 87.3 Å². The molecule has 11 N–H and O–H groups in total. The van der Waals surface area contributed by atoms with Crippen LogP contribution in [0, 0.1) is 30.3 Å². The molecule has 3 aliphatic heterocycles. The number of fused-ring (bicyclic) bond motifs is 3. The Kier molecular flexibility index (Phi) is 28.1. The number of aliphatic hydroxyl groups is 1. The molecular formula is C60H83N18O24P3Si. The van der Waals surface area contributed by atoms with Crippen molar-refractivity contribution in [1.29, 1.82) is 0 Å². The highest BCUT2D eigenvalue weighted by molar-refractivity contribution is 7.66. The average molecular weight is 1560 g/mol. The number of nitrogens with two attached hydrogens (primary N) is 3. The lowest BCUT2D eigenvalue weighted by molar-refractivity contribution is -0.386. The molecule has 0 radical (unpaired) electrons. The van der Waals surface area contributed by atoms with Gasteiger partial charge in [-0.05, 0) is 36.3 Å². The molecule has 0 aliphatic carbocycles. The summed E-state index contributed by atoms with van der Waals surface area (Å²) in [6.45, 7) is 10.1. The summed E-state index contributed by atoms with van der Waals surface area (Å²) in [6, 6.07) is 18.8. The van der Waals surface area contributed by atoms with E-state index in [0.717, 1.165) is 0 Å². The van der Waals surface area contributed by atoms with Gasteiger partial charge in [-0.2, -0.15) is 8.62 Å². The Bertz CT molecular complexity index is 4680. The maximum atomic E-state index is 12.2. The van der Waals surface area contributed by atoms with Crippen LogP contribution in [0.15, 0.2) is 111 Å². The van der Waals surface area contributed by atoms with Crippen LogP contribution in [-0.2, 0) is 79.5 Å². The quantitative estimate of drug-likeness (QED) is 0.0109. The summed E-state index contributed by atoms with van der Waals surface area (Å²) in [5, 5.41) is 43.6. The molecule has 3 aromatic carbocycles. The molecule has 12 rings (SSSR count). The summed E-state index contributed by atoms with van der Waals surface area (Å²) in [5.74, 6) is 0.661. The molecule has 5 unspecified atom stereocenters. The Balaban J connectivity index is 0.000000222. The molecule has 9 heterocycles. The number of rotatable bonds is 26. The fourth-order valence-electron chi connectivity index (χ4n) is 10.8. The van der Waals surface area contributed by atoms with Crippen LogP contribution in [-0.4, -0.2) is 163 Å². The SMILES string of the molecule is C.C.C.CC(C)(C)[Si](C)(C)OC[C@H]1O[C@@H](n2cnc3c(N)ncnc32)CC1OCc1ccccc1[N+](=O)[O-].Nc1ncnc2c1ncn2[C@H]1CC(OCc2ccccc2[N+](=O)[O-])[C@@H](CO)O1.Nc1ncnc2c1ncn2[C@H]1CC(OCc2ccccc2[N+](=O)[O-])[C@@H](COP(=O)(O)OP(=O)(O)OP(=O)(O)O)O1. The van der Waals surface area contributed by atoms with Crippen molar-refractivity contribution in [2.24, 2.45) is 0 Å². The summed E-state index contributed by atoms with van der Waals surface area (Å²) in [6.07, 6.45) is 3.81. The first-order chi connectivity index (χ1) is 48.7. The number of aromatic nitrogens is 12. The topological polar surface area (TPSA) is 583 Å². The van der Waals surface area contributed by atoms with Gasteiger partial charge >= 0.3 is 23.5 Å². The number of ether oxygens (including phenoxy) is 6. The van der Waals surface area contributed by atoms with E-state index in [4.69, 9.17) is 64.4 Å². The minimum Gasteiger partial charge on any atom is -0.414 e. The van der Waals surface area contributed by atoms with Crippen molar-refractivity contribution in [3.8, 4) is 0 Å². The number of nitro groups is 3. The number of hydrogen-bond donors (Lipinski definition) is 8. The number of para-hydroxylation sites is 3. The fraction of sp³-hybridized carbons (Fsp3) is 0.450. The number of hydrogen-bond acceptors (Lipinski definition) is 32. The van der Waals surface area contributed by atoms with E-state index >= 15 is 0 Å². The van der Waals surface area contributed by atoms with Crippen molar-refractivity contribution in [1.82, 2.24) is 58.6 Å². The van der Waals surface area contributed by atoms with Gasteiger partial charge < -0.3 is 74.7 Å². The highest BCUT2D eigenvalue weighted by Crippen LogP contribution is 2.66. The third-order valence-electron chi connectivity index (χ3n) is 17.0. The number of anilines is 3. The maximum Gasteiger partial charge on any atom is 0.490 e. The van der Waals surface area contributed by atoms with Gasteiger partial charge in [0.05, 0.1) is 108 Å². The number of imidazole rings is 3. The normalized spacial score (nSPS) is 21.3. The molecule has 42 nitrogen and oxygen atoms in total. The van der Waals surface area contributed by atoms with Crippen molar-refractivity contribution >= 4 is 99.8 Å². The van der Waals surface area contributed by atoms with Crippen LogP contribution in [0.5, 0.6) is 0 Å². The Morgan fingerprint density at radius 3 is 1.18 bits per heavy atom. The Morgan fingerprint density at radius 2 is 0.849 bits per heavy atom. The molecule has 3 fully saturated rings. The minimum atomic E-state index is -5.74. The number of nitrogen functional groups attached to an aromatic ring is 3. The minimum absolute atomic E-state index is 0. The van der Waals surface area contributed by atoms with E-state index < -0.39 is 96.3 Å². The lowest BCUT2D eigenvalue weighted by Gasteiger charge is -2.37. The largest absolute Gasteiger partial charge is 0.490 e. The monoisotopic (exact) mass is 1560 g/mol. The summed E-state index contributed by atoms with van der Waals surface area (Å²) in [4.78, 5) is 106. The Hall–Kier alpha value is -8.78. The lowest BCUT2D eigenvalue weighted by atomic mass is 10.1. The van der Waals surface area contributed by atoms with Crippen LogP contribution in [0.1, 0.15) is 97.7 Å². The van der Waals surface area contributed by atoms with Crippen LogP contribution in [0.4, 0.5) is 34.5 Å². The summed E-state index contributed by atoms with van der Waals surface area (Å²) in [5.41, 5.74) is 21.2. The summed E-state index contributed by atoms with van der Waals surface area (Å²) < 4.78 is 94.4. The molecule has 0 spiro atoms. The van der Waals surface area contributed by atoms with E-state index in [9.17, 15) is 58.9 Å². The van der Waals surface area contributed by atoms with E-state index in [1.807, 2.05) is 4.57 Å². The first-order valence-corrected chi connectivity index (χ1v) is 38.4. The lowest BCUT2D eigenvalue weighted by Crippen LogP contribution is -2.44. The summed E-state index contributed by atoms with van der Waals surface area (Å²) in [7, 11) is -18.8. The number of phosphoric acid groups is 3. The second kappa shape index (κ2) is 35.3. The molecule has 3 saturated heterocycles. The van der Waals surface area contributed by atoms with Crippen molar-refractivity contribution < 1.29 is 99.1 Å². The molecule has 0 amide bonds. The molecule has 3 aliphatic rings. The zero-order chi connectivity index (χ0) is 74.3. The van der Waals surface area contributed by atoms with Crippen molar-refractivity contribution in [2.45, 2.75) is 156 Å². The van der Waals surface area contributed by atoms with Gasteiger partial charge in [0, 0.05) is 37.5 Å². The molecule has 106 heavy (non-hydrogen) atoms. The molecule has 576 valence electrons. The van der Waals surface area contributed by atoms with Gasteiger partial charge in [-0.25, -0.2) is 58.6 Å². The number of benzene rings is 3. The zero-order valence-electron chi connectivity index (χ0n) is 55.2. The number of nitro benzene ring substituents is 3. The van der Waals surface area contributed by atoms with Gasteiger partial charge in [0.25, 0.3) is 17.1 Å². The van der Waals surface area contributed by atoms with Gasteiger partial charge in [0.2, 0.25) is 0 Å². The first kappa shape index (κ1) is 84.5. The maximum absolute atomic E-state index is 12.2. The third kappa shape index (κ3) is 20.5. The smallest absolute Gasteiger partial charge is 0.414 e. The average Bonchev–Trinajstić information content (AvgIpc) is 1.64. The predicted molar refractivity (Wildman–Crippen MR) is 380 cm³/mol. The van der Waals surface area contributed by atoms with Crippen LogP contribution >= 0.6 is 23.5 Å². The van der Waals surface area contributed by atoms with E-state index in [1.54, 1.807) is 59.7 Å². The number of nitrogens with zero attached hydrogens (tertiary/aromatic N) is 15. The second-order valence-corrected chi connectivity index (χ2v) is 33.9. The highest BCUT2D eigenvalue weighted by atomic mass is 31.3. The third-order valence-corrected chi connectivity index (χ3v) is 25.3. The van der Waals surface area contributed by atoms with Crippen LogP contribution in [0.25, 0.3) is 33.5 Å². The molecule has 6 aromatic heterocycles. The number of aliphatic hydroxyl groups excluding tert-OH is 1. The molecule has 9 aromatic rings. The predicted octanol–water partition coefficient (Wildman–Crippen LogP) is 8.83. The van der Waals surface area contributed by atoms with Gasteiger partial charge in [0.1, 0.15) is 72.5 Å². The van der Waals surface area contributed by atoms with Crippen LogP contribution in [0.2, 0.25) is 18.1 Å². The Morgan fingerprint density at radius 1 is 0.519 bits per heavy atom. The van der Waals surface area contributed by atoms with E-state index in [-0.39, 0.29) is 118 Å². The van der Waals surface area contributed by atoms with Gasteiger partial charge in [-0.3, -0.25) is 48.6 Å². The molecular weight excluding hydrogens is 1480 g/mol. The second-order valence-electron chi connectivity index (χ2n) is 24.7. The Labute approximate surface area is 605 Å².